The molecule has 0 N–H and O–H groups in total. The first kappa shape index (κ1) is 7.14. The maximum absolute atomic E-state index is 9.66. The molecular formula is C5H7IO. The third kappa shape index (κ3) is 6.14. The zero-order chi connectivity index (χ0) is 5.70. The normalized spacial score (nSPS) is 11.4. The summed E-state index contributed by atoms with van der Waals surface area (Å²) in [5.41, 5.74) is 0. The molecule has 1 nitrogen and oxygen atoms in total. The fraction of sp³-hybridized carbons (Fsp3) is 0.400. The van der Waals surface area contributed by atoms with Gasteiger partial charge in [-0.05, 0) is 33.1 Å². The first-order valence-electron chi connectivity index (χ1n) is 2.03. The van der Waals surface area contributed by atoms with Crippen LogP contribution in [-0.2, 0) is 4.79 Å². The van der Waals surface area contributed by atoms with Gasteiger partial charge in [0.25, 0.3) is 0 Å². The highest BCUT2D eigenvalue weighted by Gasteiger charge is 1.74. The number of allylic oxidation sites excluding steroid dienone is 2. The van der Waals surface area contributed by atoms with Crippen molar-refractivity contribution >= 4 is 28.9 Å². The molecule has 0 atom stereocenters. The van der Waals surface area contributed by atoms with Gasteiger partial charge in [0.1, 0.15) is 6.29 Å². The largest absolute Gasteiger partial charge is 0.303 e. The zero-order valence-corrected chi connectivity index (χ0v) is 6.31. The van der Waals surface area contributed by atoms with Gasteiger partial charge in [0.2, 0.25) is 0 Å². The van der Waals surface area contributed by atoms with Gasteiger partial charge in [-0.3, -0.25) is 0 Å². The van der Waals surface area contributed by atoms with Crippen LogP contribution in [0.2, 0.25) is 0 Å². The number of carbonyl (C=O) groups is 1. The van der Waals surface area contributed by atoms with Crippen LogP contribution in [0.15, 0.2) is 9.66 Å². The molecule has 0 aromatic rings. The van der Waals surface area contributed by atoms with Crippen molar-refractivity contribution in [2.45, 2.75) is 13.3 Å². The predicted octanol–water partition coefficient (Wildman–Crippen LogP) is 1.91. The fourth-order valence-electron chi connectivity index (χ4n) is 0.211. The van der Waals surface area contributed by atoms with E-state index < -0.39 is 0 Å². The van der Waals surface area contributed by atoms with E-state index in [1.807, 2.05) is 13.0 Å². The molecule has 0 aromatic carbocycles. The summed E-state index contributed by atoms with van der Waals surface area (Å²) in [7, 11) is 0. The Morgan fingerprint density at radius 1 is 1.86 bits per heavy atom. The van der Waals surface area contributed by atoms with Gasteiger partial charge in [0, 0.05) is 6.42 Å². The average Bonchev–Trinajstić information content (AvgIpc) is 1.61. The smallest absolute Gasteiger partial charge is 0.123 e. The van der Waals surface area contributed by atoms with Crippen LogP contribution in [0.25, 0.3) is 0 Å². The molecule has 0 heterocycles. The summed E-state index contributed by atoms with van der Waals surface area (Å²) in [4.78, 5) is 9.66. The van der Waals surface area contributed by atoms with Crippen molar-refractivity contribution in [2.75, 3.05) is 0 Å². The predicted molar refractivity (Wildman–Crippen MR) is 38.5 cm³/mol. The van der Waals surface area contributed by atoms with E-state index in [-0.39, 0.29) is 0 Å². The van der Waals surface area contributed by atoms with E-state index in [0.717, 1.165) is 6.29 Å². The van der Waals surface area contributed by atoms with Crippen LogP contribution in [0.3, 0.4) is 0 Å². The van der Waals surface area contributed by atoms with Crippen molar-refractivity contribution in [2.24, 2.45) is 0 Å². The van der Waals surface area contributed by atoms with Crippen LogP contribution < -0.4 is 0 Å². The molecule has 0 unspecified atom stereocenters. The van der Waals surface area contributed by atoms with Crippen LogP contribution in [0.1, 0.15) is 13.3 Å². The van der Waals surface area contributed by atoms with Crippen LogP contribution >= 0.6 is 22.6 Å². The topological polar surface area (TPSA) is 17.1 Å². The number of hydrogen-bond donors (Lipinski definition) is 0. The van der Waals surface area contributed by atoms with Crippen molar-refractivity contribution in [3.8, 4) is 0 Å². The minimum Gasteiger partial charge on any atom is -0.303 e. The number of aldehydes is 1. The average molecular weight is 210 g/mol. The van der Waals surface area contributed by atoms with E-state index in [4.69, 9.17) is 0 Å². The summed E-state index contributed by atoms with van der Waals surface area (Å²) in [5.74, 6) is 0. The molecule has 0 aliphatic heterocycles. The Hall–Kier alpha value is 0.140. The molecule has 0 saturated carbocycles. The quantitative estimate of drug-likeness (QED) is 0.502. The van der Waals surface area contributed by atoms with E-state index in [0.29, 0.717) is 6.42 Å². The summed E-state index contributed by atoms with van der Waals surface area (Å²) in [5, 5.41) is 0. The molecule has 0 aromatic heterocycles. The second-order valence-electron chi connectivity index (χ2n) is 1.19. The first-order valence-corrected chi connectivity index (χ1v) is 3.11. The standard InChI is InChI=1S/C5H7IO/c1-5(6)3-2-4-7/h3-4H,2H2,1H3/b5-3+. The van der Waals surface area contributed by atoms with Crippen LogP contribution in [0, 0.1) is 0 Å². The Bertz CT molecular complexity index is 82.1. The molecule has 0 fully saturated rings. The monoisotopic (exact) mass is 210 g/mol. The molecule has 0 radical (unpaired) electrons. The molecule has 0 bridgehead atoms. The molecule has 0 rings (SSSR count). The lowest BCUT2D eigenvalue weighted by molar-refractivity contribution is -0.107. The van der Waals surface area contributed by atoms with Crippen molar-refractivity contribution in [1.29, 1.82) is 0 Å². The number of hydrogen-bond acceptors (Lipinski definition) is 1. The van der Waals surface area contributed by atoms with Crippen LogP contribution in [0.5, 0.6) is 0 Å². The number of rotatable bonds is 2. The minimum atomic E-state index is 0.550. The van der Waals surface area contributed by atoms with Gasteiger partial charge in [-0.15, -0.1) is 0 Å². The zero-order valence-electron chi connectivity index (χ0n) is 4.15. The van der Waals surface area contributed by atoms with E-state index in [9.17, 15) is 4.79 Å². The van der Waals surface area contributed by atoms with Gasteiger partial charge >= 0.3 is 0 Å². The highest BCUT2D eigenvalue weighted by molar-refractivity contribution is 14.1. The molecular weight excluding hydrogens is 203 g/mol. The van der Waals surface area contributed by atoms with Gasteiger partial charge < -0.3 is 4.79 Å². The first-order chi connectivity index (χ1) is 3.27. The lowest BCUT2D eigenvalue weighted by Gasteiger charge is -1.77. The maximum Gasteiger partial charge on any atom is 0.123 e. The summed E-state index contributed by atoms with van der Waals surface area (Å²) in [6, 6.07) is 0. The fourth-order valence-corrected chi connectivity index (χ4v) is 0.465. The molecule has 0 aliphatic rings. The summed E-state index contributed by atoms with van der Waals surface area (Å²) in [6.45, 7) is 1.96. The third-order valence-electron chi connectivity index (χ3n) is 0.495. The molecule has 0 spiro atoms. The Balaban J connectivity index is 3.25. The highest BCUT2D eigenvalue weighted by Crippen LogP contribution is 2.02. The number of carbonyl (C=O) groups excluding carboxylic acids is 1. The van der Waals surface area contributed by atoms with Crippen LogP contribution in [-0.4, -0.2) is 6.29 Å². The summed E-state index contributed by atoms with van der Waals surface area (Å²) >= 11 is 2.17. The Labute approximate surface area is 56.9 Å². The van der Waals surface area contributed by atoms with Crippen molar-refractivity contribution < 1.29 is 4.79 Å². The van der Waals surface area contributed by atoms with Crippen LogP contribution in [0.4, 0.5) is 0 Å². The number of halogens is 1. The third-order valence-corrected chi connectivity index (χ3v) is 0.936. The van der Waals surface area contributed by atoms with Crippen molar-refractivity contribution in [1.82, 2.24) is 0 Å². The Kier molecular flexibility index (Phi) is 4.39. The molecule has 0 saturated heterocycles. The highest BCUT2D eigenvalue weighted by atomic mass is 127. The molecule has 40 valence electrons. The van der Waals surface area contributed by atoms with E-state index in [1.165, 1.54) is 3.58 Å². The second kappa shape index (κ2) is 4.30. The van der Waals surface area contributed by atoms with Gasteiger partial charge in [-0.2, -0.15) is 0 Å². The SMILES string of the molecule is C/C(I)=C\CC=O. The molecule has 0 aliphatic carbocycles. The minimum absolute atomic E-state index is 0.550. The van der Waals surface area contributed by atoms with E-state index in [1.54, 1.807) is 0 Å². The van der Waals surface area contributed by atoms with Gasteiger partial charge in [-0.1, -0.05) is 6.08 Å². The van der Waals surface area contributed by atoms with Gasteiger partial charge in [-0.25, -0.2) is 0 Å². The van der Waals surface area contributed by atoms with Gasteiger partial charge in [0.05, 0.1) is 0 Å². The lowest BCUT2D eigenvalue weighted by atomic mass is 10.4. The summed E-state index contributed by atoms with van der Waals surface area (Å²) < 4.78 is 1.17. The summed E-state index contributed by atoms with van der Waals surface area (Å²) in [6.07, 6.45) is 3.32. The van der Waals surface area contributed by atoms with Crippen molar-refractivity contribution in [3.05, 3.63) is 9.66 Å². The van der Waals surface area contributed by atoms with E-state index >= 15 is 0 Å². The van der Waals surface area contributed by atoms with Gasteiger partial charge in [0.15, 0.2) is 0 Å². The van der Waals surface area contributed by atoms with Crippen molar-refractivity contribution in [3.63, 3.8) is 0 Å². The molecule has 7 heavy (non-hydrogen) atoms. The van der Waals surface area contributed by atoms with E-state index in [2.05, 4.69) is 22.6 Å². The molecule has 0 amide bonds. The maximum atomic E-state index is 9.66. The molecule has 2 heteroatoms. The second-order valence-corrected chi connectivity index (χ2v) is 2.89. The Morgan fingerprint density at radius 2 is 2.43 bits per heavy atom. The lowest BCUT2D eigenvalue weighted by Crippen LogP contribution is -1.65. The Morgan fingerprint density at radius 3 is 2.57 bits per heavy atom.